The number of carbonyl (C=O) groups excluding carboxylic acids is 1. The molecule has 1 aliphatic rings. The van der Waals surface area contributed by atoms with E-state index in [9.17, 15) is 4.79 Å². The second-order valence-electron chi connectivity index (χ2n) is 7.73. The first-order valence-corrected chi connectivity index (χ1v) is 12.4. The van der Waals surface area contributed by atoms with E-state index in [-0.39, 0.29) is 12.1 Å². The monoisotopic (exact) mass is 344 g/mol. The predicted molar refractivity (Wildman–Crippen MR) is 104 cm³/mol. The fourth-order valence-corrected chi connectivity index (χ4v) is 5.76. The number of carbonyl (C=O) groups is 1. The van der Waals surface area contributed by atoms with Crippen molar-refractivity contribution in [3.8, 4) is 0 Å². The standard InChI is InChI=1S/C21H32O2Si/c1-17(24(3,4)20-13-9-6-10-14-20)15-16-21(23-18(2)22)19-11-7-5-8-12-19/h6,9-10,13-17,19,21H,5,7-8,11-12H2,1-4H3/b16-15+. The van der Waals surface area contributed by atoms with E-state index in [0.717, 1.165) is 0 Å². The van der Waals surface area contributed by atoms with Gasteiger partial charge in [-0.05, 0) is 30.4 Å². The van der Waals surface area contributed by atoms with Crippen molar-refractivity contribution in [2.45, 2.75) is 70.7 Å². The van der Waals surface area contributed by atoms with Gasteiger partial charge in [-0.2, -0.15) is 0 Å². The topological polar surface area (TPSA) is 26.3 Å². The summed E-state index contributed by atoms with van der Waals surface area (Å²) < 4.78 is 5.65. The molecular weight excluding hydrogens is 312 g/mol. The lowest BCUT2D eigenvalue weighted by Gasteiger charge is -2.30. The van der Waals surface area contributed by atoms with Crippen LogP contribution in [0, 0.1) is 5.92 Å². The first kappa shape index (κ1) is 19.0. The van der Waals surface area contributed by atoms with E-state index in [0.29, 0.717) is 11.5 Å². The third-order valence-corrected chi connectivity index (χ3v) is 9.95. The fourth-order valence-electron chi connectivity index (χ4n) is 3.59. The lowest BCUT2D eigenvalue weighted by molar-refractivity contribution is -0.146. The van der Waals surface area contributed by atoms with Crippen molar-refractivity contribution in [3.05, 3.63) is 42.5 Å². The Bertz CT molecular complexity index is 544. The number of allylic oxidation sites excluding steroid dienone is 1. The van der Waals surface area contributed by atoms with Gasteiger partial charge in [0.05, 0.1) is 8.07 Å². The van der Waals surface area contributed by atoms with Gasteiger partial charge >= 0.3 is 5.97 Å². The Labute approximate surface area is 148 Å². The smallest absolute Gasteiger partial charge is 0.303 e. The molecule has 24 heavy (non-hydrogen) atoms. The van der Waals surface area contributed by atoms with E-state index < -0.39 is 8.07 Å². The Morgan fingerprint density at radius 3 is 2.33 bits per heavy atom. The van der Waals surface area contributed by atoms with Crippen LogP contribution in [0.4, 0.5) is 0 Å². The van der Waals surface area contributed by atoms with Gasteiger partial charge in [-0.1, -0.05) is 80.9 Å². The molecule has 0 N–H and O–H groups in total. The van der Waals surface area contributed by atoms with Crippen LogP contribution in [0.3, 0.4) is 0 Å². The molecule has 0 radical (unpaired) electrons. The molecule has 0 amide bonds. The van der Waals surface area contributed by atoms with Gasteiger partial charge in [0.25, 0.3) is 0 Å². The molecule has 1 fully saturated rings. The molecule has 1 saturated carbocycles. The summed E-state index contributed by atoms with van der Waals surface area (Å²) in [6.45, 7) is 8.66. The SMILES string of the molecule is CC(=O)OC(/C=C/C(C)[Si](C)(C)c1ccccc1)C1CCCCC1. The highest BCUT2D eigenvalue weighted by molar-refractivity contribution is 6.91. The molecule has 1 aromatic carbocycles. The molecule has 0 heterocycles. The van der Waals surface area contributed by atoms with Crippen LogP contribution >= 0.6 is 0 Å². The second kappa shape index (κ2) is 8.66. The summed E-state index contributed by atoms with van der Waals surface area (Å²) in [5.41, 5.74) is 0.501. The average molecular weight is 345 g/mol. The molecule has 3 heteroatoms. The van der Waals surface area contributed by atoms with Crippen LogP contribution in [0.15, 0.2) is 42.5 Å². The molecule has 0 aliphatic heterocycles. The van der Waals surface area contributed by atoms with Crippen molar-refractivity contribution in [3.63, 3.8) is 0 Å². The summed E-state index contributed by atoms with van der Waals surface area (Å²) in [5.74, 6) is 0.329. The maximum atomic E-state index is 11.5. The van der Waals surface area contributed by atoms with Crippen LogP contribution in [-0.4, -0.2) is 20.1 Å². The first-order chi connectivity index (χ1) is 11.4. The summed E-state index contributed by atoms with van der Waals surface area (Å²) in [6.07, 6.45) is 10.6. The van der Waals surface area contributed by atoms with Crippen molar-refractivity contribution in [2.24, 2.45) is 5.92 Å². The van der Waals surface area contributed by atoms with Gasteiger partial charge in [0.1, 0.15) is 6.10 Å². The summed E-state index contributed by atoms with van der Waals surface area (Å²) >= 11 is 0. The van der Waals surface area contributed by atoms with Gasteiger partial charge < -0.3 is 4.74 Å². The van der Waals surface area contributed by atoms with Gasteiger partial charge in [0.2, 0.25) is 0 Å². The summed E-state index contributed by atoms with van der Waals surface area (Å²) in [6, 6.07) is 10.8. The third-order valence-electron chi connectivity index (χ3n) is 5.66. The van der Waals surface area contributed by atoms with Crippen molar-refractivity contribution in [2.75, 3.05) is 0 Å². The zero-order chi connectivity index (χ0) is 17.6. The van der Waals surface area contributed by atoms with Crippen LogP contribution < -0.4 is 5.19 Å². The number of ether oxygens (including phenoxy) is 1. The molecular formula is C21H32O2Si. The summed E-state index contributed by atoms with van der Waals surface area (Å²) in [5, 5.41) is 1.48. The average Bonchev–Trinajstić information content (AvgIpc) is 2.59. The Hall–Kier alpha value is -1.35. The number of benzene rings is 1. The molecule has 1 aromatic rings. The van der Waals surface area contributed by atoms with E-state index in [1.54, 1.807) is 0 Å². The number of rotatable bonds is 6. The van der Waals surface area contributed by atoms with Gasteiger partial charge in [-0.3, -0.25) is 4.79 Å². The highest BCUT2D eigenvalue weighted by atomic mass is 28.3. The van der Waals surface area contributed by atoms with Crippen molar-refractivity contribution in [1.82, 2.24) is 0 Å². The van der Waals surface area contributed by atoms with E-state index in [4.69, 9.17) is 4.74 Å². The van der Waals surface area contributed by atoms with E-state index in [1.807, 2.05) is 0 Å². The fraction of sp³-hybridized carbons (Fsp3) is 0.571. The molecule has 2 nitrogen and oxygen atoms in total. The number of esters is 1. The summed E-state index contributed by atoms with van der Waals surface area (Å²) in [7, 11) is -1.57. The molecule has 2 unspecified atom stereocenters. The highest BCUT2D eigenvalue weighted by Gasteiger charge is 2.30. The maximum absolute atomic E-state index is 11.5. The van der Waals surface area contributed by atoms with Crippen molar-refractivity contribution < 1.29 is 9.53 Å². The largest absolute Gasteiger partial charge is 0.458 e. The van der Waals surface area contributed by atoms with Crippen LogP contribution in [0.5, 0.6) is 0 Å². The molecule has 1 aliphatic carbocycles. The van der Waals surface area contributed by atoms with Gasteiger partial charge in [0.15, 0.2) is 0 Å². The minimum Gasteiger partial charge on any atom is -0.458 e. The maximum Gasteiger partial charge on any atom is 0.303 e. The Kier molecular flexibility index (Phi) is 6.85. The van der Waals surface area contributed by atoms with E-state index in [1.165, 1.54) is 44.2 Å². The van der Waals surface area contributed by atoms with E-state index >= 15 is 0 Å². The van der Waals surface area contributed by atoms with Gasteiger partial charge in [0, 0.05) is 6.92 Å². The number of hydrogen-bond acceptors (Lipinski definition) is 2. The highest BCUT2D eigenvalue weighted by Crippen LogP contribution is 2.30. The molecule has 0 spiro atoms. The molecule has 0 aromatic heterocycles. The lowest BCUT2D eigenvalue weighted by atomic mass is 9.85. The first-order valence-electron chi connectivity index (χ1n) is 9.32. The molecule has 0 bridgehead atoms. The molecule has 2 atom stereocenters. The van der Waals surface area contributed by atoms with Gasteiger partial charge in [-0.25, -0.2) is 0 Å². The minimum absolute atomic E-state index is 0.0502. The van der Waals surface area contributed by atoms with Crippen LogP contribution in [0.1, 0.15) is 46.0 Å². The van der Waals surface area contributed by atoms with Crippen LogP contribution in [-0.2, 0) is 9.53 Å². The predicted octanol–water partition coefficient (Wildman–Crippen LogP) is 5.06. The van der Waals surface area contributed by atoms with Gasteiger partial charge in [-0.15, -0.1) is 0 Å². The molecule has 2 rings (SSSR count). The zero-order valence-corrected chi connectivity index (χ0v) is 16.6. The lowest BCUT2D eigenvalue weighted by Crippen LogP contribution is -2.44. The minimum atomic E-state index is -1.57. The zero-order valence-electron chi connectivity index (χ0n) is 15.6. The van der Waals surface area contributed by atoms with Crippen LogP contribution in [0.25, 0.3) is 0 Å². The normalized spacial score (nSPS) is 19.2. The summed E-state index contributed by atoms with van der Waals surface area (Å²) in [4.78, 5) is 11.5. The van der Waals surface area contributed by atoms with Crippen molar-refractivity contribution in [1.29, 1.82) is 0 Å². The van der Waals surface area contributed by atoms with Crippen molar-refractivity contribution >= 4 is 19.2 Å². The quantitative estimate of drug-likeness (QED) is 0.409. The Morgan fingerprint density at radius 1 is 1.12 bits per heavy atom. The second-order valence-corrected chi connectivity index (χ2v) is 12.7. The molecule has 132 valence electrons. The van der Waals surface area contributed by atoms with E-state index in [2.05, 4.69) is 62.5 Å². The third kappa shape index (κ3) is 5.07. The Morgan fingerprint density at radius 2 is 1.75 bits per heavy atom. The number of hydrogen-bond donors (Lipinski definition) is 0. The van der Waals surface area contributed by atoms with Crippen LogP contribution in [0.2, 0.25) is 18.6 Å². The molecule has 0 saturated heterocycles. The Balaban J connectivity index is 2.10.